The number of ether oxygens (including phenoxy) is 1. The van der Waals surface area contributed by atoms with Crippen LogP contribution in [0.2, 0.25) is 0 Å². The molecule has 21 heavy (non-hydrogen) atoms. The average Bonchev–Trinajstić information content (AvgIpc) is 2.82. The lowest BCUT2D eigenvalue weighted by Crippen LogP contribution is -2.43. The van der Waals surface area contributed by atoms with Gasteiger partial charge in [0.05, 0.1) is 41.9 Å². The van der Waals surface area contributed by atoms with Crippen LogP contribution in [0, 0.1) is 16.1 Å². The van der Waals surface area contributed by atoms with E-state index in [-0.39, 0.29) is 6.10 Å². The third kappa shape index (κ3) is 2.86. The predicted molar refractivity (Wildman–Crippen MR) is 83.7 cm³/mol. The number of nitriles is 1. The van der Waals surface area contributed by atoms with Gasteiger partial charge in [-0.2, -0.15) is 5.26 Å². The van der Waals surface area contributed by atoms with Crippen molar-refractivity contribution < 1.29 is 4.74 Å². The van der Waals surface area contributed by atoms with Crippen LogP contribution in [0.4, 0.5) is 0 Å². The first-order chi connectivity index (χ1) is 10.2. The van der Waals surface area contributed by atoms with Gasteiger partial charge in [-0.15, -0.1) is 0 Å². The number of nitrogens with zero attached hydrogens (tertiary/aromatic N) is 3. The second kappa shape index (κ2) is 5.98. The zero-order valence-corrected chi connectivity index (χ0v) is 12.8. The zero-order chi connectivity index (χ0) is 14.8. The molecule has 6 heteroatoms. The molecule has 3 rings (SSSR count). The molecular formula is C15H18N4OS. The molecular weight excluding hydrogens is 284 g/mol. The molecule has 0 bridgehead atoms. The van der Waals surface area contributed by atoms with Gasteiger partial charge in [-0.1, -0.05) is 6.92 Å². The van der Waals surface area contributed by atoms with Crippen molar-refractivity contribution in [2.75, 3.05) is 26.2 Å². The van der Waals surface area contributed by atoms with Crippen molar-refractivity contribution in [3.63, 3.8) is 0 Å². The molecule has 0 spiro atoms. The number of nitrogens with one attached hydrogen (secondary N) is 1. The summed E-state index contributed by atoms with van der Waals surface area (Å²) in [6.45, 7) is 6.59. The van der Waals surface area contributed by atoms with E-state index in [2.05, 4.69) is 22.9 Å². The summed E-state index contributed by atoms with van der Waals surface area (Å²) < 4.78 is 8.57. The Balaban J connectivity index is 1.91. The third-order valence-corrected chi connectivity index (χ3v) is 4.28. The molecule has 2 aromatic rings. The second-order valence-electron chi connectivity index (χ2n) is 5.27. The Labute approximate surface area is 128 Å². The van der Waals surface area contributed by atoms with Crippen molar-refractivity contribution in [1.29, 1.82) is 5.26 Å². The van der Waals surface area contributed by atoms with Crippen molar-refractivity contribution in [2.45, 2.75) is 19.6 Å². The maximum absolute atomic E-state index is 9.06. The minimum atomic E-state index is 0.134. The summed E-state index contributed by atoms with van der Waals surface area (Å²) in [5, 5.41) is 9.06. The van der Waals surface area contributed by atoms with E-state index in [1.165, 1.54) is 0 Å². The van der Waals surface area contributed by atoms with Crippen LogP contribution in [0.3, 0.4) is 0 Å². The molecule has 110 valence electrons. The largest absolute Gasteiger partial charge is 0.374 e. The smallest absolute Gasteiger partial charge is 0.178 e. The van der Waals surface area contributed by atoms with Crippen LogP contribution in [0.1, 0.15) is 12.5 Å². The minimum Gasteiger partial charge on any atom is -0.374 e. The number of fused-ring (bicyclic) bond motifs is 1. The Morgan fingerprint density at radius 2 is 2.38 bits per heavy atom. The van der Waals surface area contributed by atoms with Gasteiger partial charge < -0.3 is 14.3 Å². The summed E-state index contributed by atoms with van der Waals surface area (Å²) in [7, 11) is 0. The summed E-state index contributed by atoms with van der Waals surface area (Å²) in [5.74, 6) is 0. The number of rotatable bonds is 3. The summed E-state index contributed by atoms with van der Waals surface area (Å²) in [4.78, 5) is 5.57. The van der Waals surface area contributed by atoms with E-state index in [1.807, 2.05) is 16.7 Å². The SMILES string of the molecule is CCN1CCOC(Cn2c(=S)[nH]c3ccc(C#N)cc32)C1. The van der Waals surface area contributed by atoms with Gasteiger partial charge in [0.25, 0.3) is 0 Å². The lowest BCUT2D eigenvalue weighted by Gasteiger charge is -2.32. The summed E-state index contributed by atoms with van der Waals surface area (Å²) in [6, 6.07) is 7.75. The van der Waals surface area contributed by atoms with Crippen molar-refractivity contribution in [3.8, 4) is 6.07 Å². The average molecular weight is 302 g/mol. The number of aromatic nitrogens is 2. The highest BCUT2D eigenvalue weighted by Crippen LogP contribution is 2.18. The zero-order valence-electron chi connectivity index (χ0n) is 12.0. The van der Waals surface area contributed by atoms with Crippen molar-refractivity contribution in [3.05, 3.63) is 28.5 Å². The van der Waals surface area contributed by atoms with Gasteiger partial charge in [0.2, 0.25) is 0 Å². The Kier molecular flexibility index (Phi) is 4.06. The van der Waals surface area contributed by atoms with E-state index in [1.54, 1.807) is 6.07 Å². The molecule has 1 fully saturated rings. The fraction of sp³-hybridized carbons (Fsp3) is 0.467. The van der Waals surface area contributed by atoms with Crippen LogP contribution in [0.5, 0.6) is 0 Å². The van der Waals surface area contributed by atoms with Crippen LogP contribution < -0.4 is 0 Å². The lowest BCUT2D eigenvalue weighted by atomic mass is 10.2. The van der Waals surface area contributed by atoms with Crippen LogP contribution in [0.15, 0.2) is 18.2 Å². The number of morpholine rings is 1. The maximum Gasteiger partial charge on any atom is 0.178 e. The Morgan fingerprint density at radius 1 is 1.52 bits per heavy atom. The fourth-order valence-corrected chi connectivity index (χ4v) is 3.07. The van der Waals surface area contributed by atoms with Crippen LogP contribution in [0.25, 0.3) is 11.0 Å². The summed E-state index contributed by atoms with van der Waals surface area (Å²) >= 11 is 5.41. The van der Waals surface area contributed by atoms with Gasteiger partial charge in [-0.05, 0) is 37.0 Å². The molecule has 1 aromatic heterocycles. The quantitative estimate of drug-likeness (QED) is 0.884. The Hall–Kier alpha value is -1.68. The molecule has 0 aliphatic carbocycles. The van der Waals surface area contributed by atoms with E-state index < -0.39 is 0 Å². The van der Waals surface area contributed by atoms with Gasteiger partial charge in [0.15, 0.2) is 4.77 Å². The molecule has 5 nitrogen and oxygen atoms in total. The number of imidazole rings is 1. The van der Waals surface area contributed by atoms with E-state index in [4.69, 9.17) is 22.2 Å². The van der Waals surface area contributed by atoms with E-state index >= 15 is 0 Å². The fourth-order valence-electron chi connectivity index (χ4n) is 2.79. The molecule has 1 unspecified atom stereocenters. The van der Waals surface area contributed by atoms with E-state index in [0.29, 0.717) is 16.9 Å². The van der Waals surface area contributed by atoms with Crippen molar-refractivity contribution >= 4 is 23.3 Å². The van der Waals surface area contributed by atoms with Crippen LogP contribution in [-0.2, 0) is 11.3 Å². The van der Waals surface area contributed by atoms with E-state index in [0.717, 1.165) is 37.3 Å². The second-order valence-corrected chi connectivity index (χ2v) is 5.66. The number of aromatic amines is 1. The highest BCUT2D eigenvalue weighted by Gasteiger charge is 2.20. The topological polar surface area (TPSA) is 57.0 Å². The maximum atomic E-state index is 9.06. The Morgan fingerprint density at radius 3 is 3.14 bits per heavy atom. The first kappa shape index (κ1) is 14.3. The normalized spacial score (nSPS) is 19.7. The molecule has 0 radical (unpaired) electrons. The third-order valence-electron chi connectivity index (χ3n) is 3.96. The number of benzene rings is 1. The first-order valence-electron chi connectivity index (χ1n) is 7.18. The lowest BCUT2D eigenvalue weighted by molar-refractivity contribution is -0.0339. The number of H-pyrrole nitrogens is 1. The molecule has 1 N–H and O–H groups in total. The highest BCUT2D eigenvalue weighted by molar-refractivity contribution is 7.71. The molecule has 1 saturated heterocycles. The van der Waals surface area contributed by atoms with Crippen molar-refractivity contribution in [1.82, 2.24) is 14.5 Å². The summed E-state index contributed by atoms with van der Waals surface area (Å²) in [6.07, 6.45) is 0.134. The molecule has 1 atom stereocenters. The van der Waals surface area contributed by atoms with Gasteiger partial charge in [-0.3, -0.25) is 4.90 Å². The van der Waals surface area contributed by atoms with Crippen molar-refractivity contribution in [2.24, 2.45) is 0 Å². The highest BCUT2D eigenvalue weighted by atomic mass is 32.1. The minimum absolute atomic E-state index is 0.134. The monoisotopic (exact) mass is 302 g/mol. The van der Waals surface area contributed by atoms with Gasteiger partial charge in [0.1, 0.15) is 0 Å². The first-order valence-corrected chi connectivity index (χ1v) is 7.58. The van der Waals surface area contributed by atoms with Gasteiger partial charge in [0, 0.05) is 13.1 Å². The van der Waals surface area contributed by atoms with Crippen LogP contribution in [-0.4, -0.2) is 46.8 Å². The standard InChI is InChI=1S/C15H18N4OS/c1-2-18-5-6-20-12(9-18)10-19-14-7-11(8-16)3-4-13(14)17-15(19)21/h3-4,7,12H,2,5-6,9-10H2,1H3,(H,17,21). The van der Waals surface area contributed by atoms with Crippen LogP contribution >= 0.6 is 12.2 Å². The van der Waals surface area contributed by atoms with Gasteiger partial charge >= 0.3 is 0 Å². The number of likely N-dealkylation sites (N-methyl/N-ethyl adjacent to an activating group) is 1. The molecule has 1 aromatic carbocycles. The van der Waals surface area contributed by atoms with Gasteiger partial charge in [-0.25, -0.2) is 0 Å². The Bertz CT molecular complexity index is 742. The molecule has 0 amide bonds. The molecule has 2 heterocycles. The molecule has 1 aliphatic heterocycles. The predicted octanol–water partition coefficient (Wildman–Crippen LogP) is 2.29. The number of hydrogen-bond donors (Lipinski definition) is 1. The molecule has 0 saturated carbocycles. The summed E-state index contributed by atoms with van der Waals surface area (Å²) in [5.41, 5.74) is 2.57. The number of hydrogen-bond acceptors (Lipinski definition) is 4. The molecule has 1 aliphatic rings. The van der Waals surface area contributed by atoms with E-state index in [9.17, 15) is 0 Å².